The van der Waals surface area contributed by atoms with Crippen molar-refractivity contribution >= 4 is 21.7 Å². The highest BCUT2D eigenvalue weighted by Crippen LogP contribution is 2.30. The Labute approximate surface area is 224 Å². The van der Waals surface area contributed by atoms with Gasteiger partial charge in [0.1, 0.15) is 11.6 Å². The van der Waals surface area contributed by atoms with E-state index in [4.69, 9.17) is 5.73 Å². The first-order chi connectivity index (χ1) is 18.5. The highest BCUT2D eigenvalue weighted by Gasteiger charge is 2.35. The standard InChI is InChI=1S/C26H29F3N6O3S/c27-26(28,29)18-3-6-24(32-14-18)34-22-8-10-35(15-23(22)36)39(37,38)21-4-1-16(2-5-21)17-7-9-31-25(11-17)33-20-12-19(30)13-20/h1-7,9,11,14,19-20,22-23,36H,8,10,12-13,15,30H2,(H,31,33)(H,32,34)/t19-,20+,22-,23+/m1/s1. The van der Waals surface area contributed by atoms with Gasteiger partial charge in [0, 0.05) is 37.6 Å². The molecule has 1 saturated carbocycles. The topological polar surface area (TPSA) is 133 Å². The molecule has 2 fully saturated rings. The number of hydrogen-bond acceptors (Lipinski definition) is 8. The normalized spacial score (nSPS) is 24.1. The summed E-state index contributed by atoms with van der Waals surface area (Å²) in [6.07, 6.45) is -1.12. The van der Waals surface area contributed by atoms with Gasteiger partial charge in [0.05, 0.1) is 22.6 Å². The Morgan fingerprint density at radius 3 is 2.33 bits per heavy atom. The Morgan fingerprint density at radius 1 is 0.974 bits per heavy atom. The molecule has 1 aromatic carbocycles. The first-order valence-corrected chi connectivity index (χ1v) is 14.0. The molecule has 3 heterocycles. The molecule has 39 heavy (non-hydrogen) atoms. The number of pyridine rings is 2. The van der Waals surface area contributed by atoms with Crippen LogP contribution in [0.5, 0.6) is 0 Å². The molecule has 1 saturated heterocycles. The molecule has 0 radical (unpaired) electrons. The van der Waals surface area contributed by atoms with Gasteiger partial charge >= 0.3 is 6.18 Å². The minimum atomic E-state index is -4.49. The molecular weight excluding hydrogens is 533 g/mol. The Bertz CT molecular complexity index is 1400. The monoisotopic (exact) mass is 562 g/mol. The zero-order valence-electron chi connectivity index (χ0n) is 20.8. The Hall–Kier alpha value is -3.26. The summed E-state index contributed by atoms with van der Waals surface area (Å²) in [6.45, 7) is -0.0315. The van der Waals surface area contributed by atoms with E-state index in [1.54, 1.807) is 18.3 Å². The SMILES string of the molecule is N[C@H]1C[C@@H](Nc2cc(-c3ccc(S(=O)(=O)N4CC[C@@H](Nc5ccc(C(F)(F)F)cn5)[C@@H](O)C4)cc3)ccn2)C1. The summed E-state index contributed by atoms with van der Waals surface area (Å²) in [4.78, 5) is 8.22. The lowest BCUT2D eigenvalue weighted by Gasteiger charge is -2.35. The summed E-state index contributed by atoms with van der Waals surface area (Å²) in [5, 5.41) is 16.9. The lowest BCUT2D eigenvalue weighted by Crippen LogP contribution is -2.51. The van der Waals surface area contributed by atoms with Gasteiger partial charge in [-0.2, -0.15) is 17.5 Å². The lowest BCUT2D eigenvalue weighted by atomic mass is 9.87. The molecule has 5 rings (SSSR count). The van der Waals surface area contributed by atoms with Gasteiger partial charge in [-0.3, -0.25) is 0 Å². The summed E-state index contributed by atoms with van der Waals surface area (Å²) in [6, 6.07) is 12.3. The van der Waals surface area contributed by atoms with Gasteiger partial charge < -0.3 is 21.5 Å². The van der Waals surface area contributed by atoms with Gasteiger partial charge in [0.15, 0.2) is 0 Å². The minimum absolute atomic E-state index is 0.102. The van der Waals surface area contributed by atoms with E-state index in [0.717, 1.165) is 35.9 Å². The molecule has 3 aromatic rings. The molecule has 0 spiro atoms. The zero-order chi connectivity index (χ0) is 27.8. The average Bonchev–Trinajstić information content (AvgIpc) is 2.89. The zero-order valence-corrected chi connectivity index (χ0v) is 21.7. The van der Waals surface area contributed by atoms with E-state index in [-0.39, 0.29) is 36.3 Å². The molecule has 2 aromatic heterocycles. The third-order valence-corrected chi connectivity index (χ3v) is 8.96. The highest BCUT2D eigenvalue weighted by molar-refractivity contribution is 7.89. The van der Waals surface area contributed by atoms with Crippen LogP contribution in [0, 0.1) is 0 Å². The van der Waals surface area contributed by atoms with Crippen LogP contribution in [-0.4, -0.2) is 65.1 Å². The van der Waals surface area contributed by atoms with Crippen LogP contribution in [0.25, 0.3) is 11.1 Å². The summed E-state index contributed by atoms with van der Waals surface area (Å²) < 4.78 is 66.0. The van der Waals surface area contributed by atoms with Crippen molar-refractivity contribution in [3.8, 4) is 11.1 Å². The van der Waals surface area contributed by atoms with Crippen molar-refractivity contribution in [2.75, 3.05) is 23.7 Å². The fourth-order valence-corrected chi connectivity index (χ4v) is 6.25. The summed E-state index contributed by atoms with van der Waals surface area (Å²) in [7, 11) is -3.87. The number of anilines is 2. The third kappa shape index (κ3) is 6.16. The van der Waals surface area contributed by atoms with Gasteiger partial charge in [0.2, 0.25) is 10.0 Å². The van der Waals surface area contributed by atoms with Crippen LogP contribution in [0.15, 0.2) is 65.8 Å². The molecule has 0 bridgehead atoms. The second kappa shape index (κ2) is 10.7. The van der Waals surface area contributed by atoms with Gasteiger partial charge in [-0.25, -0.2) is 18.4 Å². The van der Waals surface area contributed by atoms with Gasteiger partial charge in [-0.1, -0.05) is 12.1 Å². The molecule has 9 nitrogen and oxygen atoms in total. The number of nitrogens with one attached hydrogen (secondary N) is 2. The predicted octanol–water partition coefficient (Wildman–Crippen LogP) is 3.30. The summed E-state index contributed by atoms with van der Waals surface area (Å²) in [5.41, 5.74) is 6.69. The summed E-state index contributed by atoms with van der Waals surface area (Å²) >= 11 is 0. The Kier molecular flexibility index (Phi) is 7.51. The molecular formula is C26H29F3N6O3S. The molecule has 0 amide bonds. The van der Waals surface area contributed by atoms with E-state index in [1.165, 1.54) is 22.5 Å². The number of nitrogens with two attached hydrogens (primary N) is 1. The number of aromatic nitrogens is 2. The van der Waals surface area contributed by atoms with Crippen molar-refractivity contribution in [1.29, 1.82) is 0 Å². The molecule has 1 aliphatic heterocycles. The van der Waals surface area contributed by atoms with Crippen LogP contribution < -0.4 is 16.4 Å². The number of aliphatic hydroxyl groups is 1. The number of halogens is 3. The minimum Gasteiger partial charge on any atom is -0.390 e. The maximum Gasteiger partial charge on any atom is 0.417 e. The van der Waals surface area contributed by atoms with Crippen molar-refractivity contribution in [3.05, 3.63) is 66.5 Å². The van der Waals surface area contributed by atoms with Crippen LogP contribution >= 0.6 is 0 Å². The van der Waals surface area contributed by atoms with Crippen LogP contribution in [0.2, 0.25) is 0 Å². The van der Waals surface area contributed by atoms with Crippen molar-refractivity contribution in [1.82, 2.24) is 14.3 Å². The van der Waals surface area contributed by atoms with Gasteiger partial charge in [-0.05, 0) is 66.8 Å². The molecule has 13 heteroatoms. The van der Waals surface area contributed by atoms with Crippen molar-refractivity contribution in [2.24, 2.45) is 5.73 Å². The Balaban J connectivity index is 1.21. The van der Waals surface area contributed by atoms with E-state index in [2.05, 4.69) is 20.6 Å². The lowest BCUT2D eigenvalue weighted by molar-refractivity contribution is -0.137. The Morgan fingerprint density at radius 2 is 1.72 bits per heavy atom. The van der Waals surface area contributed by atoms with E-state index < -0.39 is 33.9 Å². The molecule has 5 N–H and O–H groups in total. The molecule has 208 valence electrons. The second-order valence-corrected chi connectivity index (χ2v) is 11.9. The number of alkyl halides is 3. The van der Waals surface area contributed by atoms with Crippen LogP contribution in [-0.2, 0) is 16.2 Å². The number of sulfonamides is 1. The largest absolute Gasteiger partial charge is 0.417 e. The molecule has 2 aliphatic rings. The van der Waals surface area contributed by atoms with Gasteiger partial charge in [-0.15, -0.1) is 0 Å². The first-order valence-electron chi connectivity index (χ1n) is 12.6. The third-order valence-electron chi connectivity index (χ3n) is 7.08. The molecule has 1 aliphatic carbocycles. The maximum absolute atomic E-state index is 13.3. The number of nitrogens with zero attached hydrogens (tertiary/aromatic N) is 3. The first kappa shape index (κ1) is 27.3. The van der Waals surface area contributed by atoms with Crippen molar-refractivity contribution in [2.45, 2.75) is 54.6 Å². The average molecular weight is 563 g/mol. The number of benzene rings is 1. The fourth-order valence-electron chi connectivity index (χ4n) is 4.77. The van der Waals surface area contributed by atoms with E-state index in [0.29, 0.717) is 12.2 Å². The predicted molar refractivity (Wildman–Crippen MR) is 140 cm³/mol. The molecule has 2 atom stereocenters. The number of piperidine rings is 1. The number of β-amino-alcohol motifs (C(OH)–C–C–N with tert-alkyl or cyclic N) is 1. The number of rotatable bonds is 7. The van der Waals surface area contributed by atoms with Crippen LogP contribution in [0.1, 0.15) is 24.8 Å². The molecule has 0 unspecified atom stereocenters. The highest BCUT2D eigenvalue weighted by atomic mass is 32.2. The van der Waals surface area contributed by atoms with Crippen molar-refractivity contribution < 1.29 is 26.7 Å². The van der Waals surface area contributed by atoms with E-state index in [9.17, 15) is 26.7 Å². The van der Waals surface area contributed by atoms with Crippen LogP contribution in [0.3, 0.4) is 0 Å². The van der Waals surface area contributed by atoms with Crippen molar-refractivity contribution in [3.63, 3.8) is 0 Å². The van der Waals surface area contributed by atoms with Crippen LogP contribution in [0.4, 0.5) is 24.8 Å². The van der Waals surface area contributed by atoms with Gasteiger partial charge in [0.25, 0.3) is 0 Å². The number of hydrogen-bond donors (Lipinski definition) is 4. The summed E-state index contributed by atoms with van der Waals surface area (Å²) in [5.74, 6) is 0.905. The van der Waals surface area contributed by atoms with E-state index in [1.807, 2.05) is 12.1 Å². The maximum atomic E-state index is 13.3. The quantitative estimate of drug-likeness (QED) is 0.345. The number of aliphatic hydroxyl groups excluding tert-OH is 1. The smallest absolute Gasteiger partial charge is 0.390 e. The van der Waals surface area contributed by atoms with E-state index >= 15 is 0 Å². The fraction of sp³-hybridized carbons (Fsp3) is 0.385. The second-order valence-electron chi connectivity index (χ2n) is 9.93.